The molecule has 1 aromatic carbocycles. The van der Waals surface area contributed by atoms with E-state index in [1.807, 2.05) is 6.07 Å². The molecule has 0 aliphatic heterocycles. The first kappa shape index (κ1) is 14.6. The van der Waals surface area contributed by atoms with Gasteiger partial charge in [-0.1, -0.05) is 18.2 Å². The number of anilines is 1. The zero-order valence-corrected chi connectivity index (χ0v) is 11.7. The number of nitrogens with two attached hydrogens (primary N) is 2. The standard InChI is InChI=1S/C15H17N3O3/c1-10-6-12(9-21-10)15(20)18(8-14(17)19)7-11-4-2-3-5-13(11)16/h2-6,9H,7-8,16H2,1H3,(H2,17,19). The zero-order valence-electron chi connectivity index (χ0n) is 11.7. The van der Waals surface area contributed by atoms with Crippen molar-refractivity contribution in [2.45, 2.75) is 13.5 Å². The minimum atomic E-state index is -0.585. The number of hydrogen-bond acceptors (Lipinski definition) is 4. The molecule has 2 aromatic rings. The van der Waals surface area contributed by atoms with Gasteiger partial charge in [-0.15, -0.1) is 0 Å². The number of nitrogens with zero attached hydrogens (tertiary/aromatic N) is 1. The van der Waals surface area contributed by atoms with Crippen molar-refractivity contribution in [1.29, 1.82) is 0 Å². The third kappa shape index (κ3) is 3.62. The Morgan fingerprint density at radius 3 is 2.57 bits per heavy atom. The van der Waals surface area contributed by atoms with Gasteiger partial charge in [-0.3, -0.25) is 9.59 Å². The van der Waals surface area contributed by atoms with Crippen molar-refractivity contribution < 1.29 is 14.0 Å². The van der Waals surface area contributed by atoms with E-state index in [1.54, 1.807) is 31.2 Å². The summed E-state index contributed by atoms with van der Waals surface area (Å²) in [6, 6.07) is 8.78. The van der Waals surface area contributed by atoms with E-state index in [1.165, 1.54) is 11.2 Å². The van der Waals surface area contributed by atoms with Crippen LogP contribution in [0.3, 0.4) is 0 Å². The summed E-state index contributed by atoms with van der Waals surface area (Å²) < 4.78 is 5.13. The molecule has 6 heteroatoms. The maximum absolute atomic E-state index is 12.4. The third-order valence-corrected chi connectivity index (χ3v) is 3.03. The van der Waals surface area contributed by atoms with Crippen LogP contribution in [-0.4, -0.2) is 23.3 Å². The number of aryl methyl sites for hydroxylation is 1. The zero-order chi connectivity index (χ0) is 15.4. The quantitative estimate of drug-likeness (QED) is 0.809. The maximum atomic E-state index is 12.4. The predicted octanol–water partition coefficient (Wildman–Crippen LogP) is 1.30. The Hall–Kier alpha value is -2.76. The monoisotopic (exact) mass is 287 g/mol. The molecule has 6 nitrogen and oxygen atoms in total. The van der Waals surface area contributed by atoms with E-state index < -0.39 is 5.91 Å². The predicted molar refractivity (Wildman–Crippen MR) is 78.2 cm³/mol. The fourth-order valence-electron chi connectivity index (χ4n) is 2.01. The second-order valence-corrected chi connectivity index (χ2v) is 4.77. The van der Waals surface area contributed by atoms with Crippen LogP contribution in [0.4, 0.5) is 5.69 Å². The Kier molecular flexibility index (Phi) is 4.27. The SMILES string of the molecule is Cc1cc(C(=O)N(CC(N)=O)Cc2ccccc2N)co1. The number of hydrogen-bond donors (Lipinski definition) is 2. The van der Waals surface area contributed by atoms with E-state index in [-0.39, 0.29) is 19.0 Å². The molecule has 2 rings (SSSR count). The van der Waals surface area contributed by atoms with Gasteiger partial charge >= 0.3 is 0 Å². The Labute approximate surface area is 122 Å². The van der Waals surface area contributed by atoms with Gasteiger partial charge in [-0.05, 0) is 24.6 Å². The molecule has 0 saturated carbocycles. The second kappa shape index (κ2) is 6.13. The molecule has 0 radical (unpaired) electrons. The molecule has 0 unspecified atom stereocenters. The topological polar surface area (TPSA) is 103 Å². The summed E-state index contributed by atoms with van der Waals surface area (Å²) in [6.45, 7) is 1.76. The van der Waals surface area contributed by atoms with Crippen molar-refractivity contribution >= 4 is 17.5 Å². The lowest BCUT2D eigenvalue weighted by molar-refractivity contribution is -0.118. The fourth-order valence-corrected chi connectivity index (χ4v) is 2.01. The highest BCUT2D eigenvalue weighted by Crippen LogP contribution is 2.16. The van der Waals surface area contributed by atoms with Gasteiger partial charge in [0.15, 0.2) is 0 Å². The average molecular weight is 287 g/mol. The summed E-state index contributed by atoms with van der Waals surface area (Å²) in [4.78, 5) is 25.0. The van der Waals surface area contributed by atoms with E-state index in [2.05, 4.69) is 0 Å². The van der Waals surface area contributed by atoms with Gasteiger partial charge in [0.05, 0.1) is 12.1 Å². The third-order valence-electron chi connectivity index (χ3n) is 3.03. The number of primary amides is 1. The summed E-state index contributed by atoms with van der Waals surface area (Å²) in [6.07, 6.45) is 1.36. The fraction of sp³-hybridized carbons (Fsp3) is 0.200. The number of furan rings is 1. The number of nitrogen functional groups attached to an aromatic ring is 1. The summed E-state index contributed by atoms with van der Waals surface area (Å²) in [5.74, 6) is -0.288. The van der Waals surface area contributed by atoms with Crippen LogP contribution >= 0.6 is 0 Å². The van der Waals surface area contributed by atoms with Gasteiger partial charge in [0.1, 0.15) is 12.0 Å². The highest BCUT2D eigenvalue weighted by molar-refractivity contribution is 5.96. The molecular weight excluding hydrogens is 270 g/mol. The van der Waals surface area contributed by atoms with Gasteiger partial charge in [-0.2, -0.15) is 0 Å². The highest BCUT2D eigenvalue weighted by Gasteiger charge is 2.20. The van der Waals surface area contributed by atoms with Gasteiger partial charge in [-0.25, -0.2) is 0 Å². The lowest BCUT2D eigenvalue weighted by Crippen LogP contribution is -2.38. The van der Waals surface area contributed by atoms with Crippen LogP contribution < -0.4 is 11.5 Å². The Bertz CT molecular complexity index is 664. The summed E-state index contributed by atoms with van der Waals surface area (Å²) >= 11 is 0. The van der Waals surface area contributed by atoms with Crippen LogP contribution in [0.2, 0.25) is 0 Å². The van der Waals surface area contributed by atoms with Crippen LogP contribution in [0.15, 0.2) is 41.0 Å². The lowest BCUT2D eigenvalue weighted by atomic mass is 10.1. The first-order valence-electron chi connectivity index (χ1n) is 6.43. The number of carbonyl (C=O) groups excluding carboxylic acids is 2. The second-order valence-electron chi connectivity index (χ2n) is 4.77. The van der Waals surface area contributed by atoms with E-state index in [4.69, 9.17) is 15.9 Å². The van der Waals surface area contributed by atoms with Crippen molar-refractivity contribution in [1.82, 2.24) is 4.90 Å². The Morgan fingerprint density at radius 1 is 1.29 bits per heavy atom. The minimum Gasteiger partial charge on any atom is -0.469 e. The number of benzene rings is 1. The summed E-state index contributed by atoms with van der Waals surface area (Å²) in [5, 5.41) is 0. The van der Waals surface area contributed by atoms with Crippen molar-refractivity contribution in [3.05, 3.63) is 53.5 Å². The molecule has 1 heterocycles. The van der Waals surface area contributed by atoms with Crippen molar-refractivity contribution in [3.8, 4) is 0 Å². The van der Waals surface area contributed by atoms with Crippen LogP contribution in [0.1, 0.15) is 21.7 Å². The van der Waals surface area contributed by atoms with E-state index in [9.17, 15) is 9.59 Å². The molecule has 0 spiro atoms. The number of amides is 2. The van der Waals surface area contributed by atoms with E-state index in [0.717, 1.165) is 5.56 Å². The number of para-hydroxylation sites is 1. The first-order chi connectivity index (χ1) is 9.97. The van der Waals surface area contributed by atoms with Crippen LogP contribution in [0, 0.1) is 6.92 Å². The molecule has 0 fully saturated rings. The van der Waals surface area contributed by atoms with E-state index >= 15 is 0 Å². The number of carbonyl (C=O) groups is 2. The van der Waals surface area contributed by atoms with Crippen molar-refractivity contribution in [3.63, 3.8) is 0 Å². The van der Waals surface area contributed by atoms with Crippen LogP contribution in [0.5, 0.6) is 0 Å². The molecule has 21 heavy (non-hydrogen) atoms. The van der Waals surface area contributed by atoms with Crippen molar-refractivity contribution in [2.75, 3.05) is 12.3 Å². The van der Waals surface area contributed by atoms with Crippen molar-refractivity contribution in [2.24, 2.45) is 5.73 Å². The first-order valence-corrected chi connectivity index (χ1v) is 6.43. The molecule has 0 aliphatic rings. The largest absolute Gasteiger partial charge is 0.469 e. The molecule has 0 bridgehead atoms. The molecule has 1 aromatic heterocycles. The van der Waals surface area contributed by atoms with Gasteiger partial charge in [0, 0.05) is 12.2 Å². The van der Waals surface area contributed by atoms with E-state index in [0.29, 0.717) is 17.0 Å². The number of rotatable bonds is 5. The highest BCUT2D eigenvalue weighted by atomic mass is 16.3. The molecule has 110 valence electrons. The molecule has 0 atom stereocenters. The van der Waals surface area contributed by atoms with Crippen LogP contribution in [0.25, 0.3) is 0 Å². The lowest BCUT2D eigenvalue weighted by Gasteiger charge is -2.21. The average Bonchev–Trinajstić information content (AvgIpc) is 2.86. The summed E-state index contributed by atoms with van der Waals surface area (Å²) in [7, 11) is 0. The molecule has 4 N–H and O–H groups in total. The van der Waals surface area contributed by atoms with Gasteiger partial charge in [0.2, 0.25) is 5.91 Å². The molecule has 2 amide bonds. The smallest absolute Gasteiger partial charge is 0.257 e. The molecular formula is C15H17N3O3. The normalized spacial score (nSPS) is 10.3. The Balaban J connectivity index is 2.24. The Morgan fingerprint density at radius 2 is 2.00 bits per heavy atom. The summed E-state index contributed by atoms with van der Waals surface area (Å²) in [5.41, 5.74) is 12.8. The molecule has 0 aliphatic carbocycles. The van der Waals surface area contributed by atoms with Gasteiger partial charge in [0.25, 0.3) is 5.91 Å². The van der Waals surface area contributed by atoms with Crippen LogP contribution in [-0.2, 0) is 11.3 Å². The van der Waals surface area contributed by atoms with Gasteiger partial charge < -0.3 is 20.8 Å². The minimum absolute atomic E-state index is 0.183. The maximum Gasteiger partial charge on any atom is 0.257 e. The molecule has 0 saturated heterocycles.